The van der Waals surface area contributed by atoms with Crippen molar-refractivity contribution in [3.63, 3.8) is 0 Å². The number of quaternary nitrogens is 1. The third kappa shape index (κ3) is 54.0. The van der Waals surface area contributed by atoms with Crippen molar-refractivity contribution < 1.29 is 42.1 Å². The van der Waals surface area contributed by atoms with Crippen LogP contribution in [0.4, 0.5) is 0 Å². The summed E-state index contributed by atoms with van der Waals surface area (Å²) in [5.74, 6) is -0.876. The number of ether oxygens (including phenoxy) is 2. The first-order valence-electron chi connectivity index (χ1n) is 27.6. The van der Waals surface area contributed by atoms with Crippen molar-refractivity contribution in [1.29, 1.82) is 0 Å². The van der Waals surface area contributed by atoms with E-state index in [0.29, 0.717) is 23.9 Å². The Labute approximate surface area is 429 Å². The molecule has 400 valence electrons. The number of rotatable bonds is 49. The molecule has 0 aromatic heterocycles. The number of nitrogens with zero attached hydrogens (tertiary/aromatic N) is 1. The van der Waals surface area contributed by atoms with Crippen LogP contribution in [0.5, 0.6) is 0 Å². The van der Waals surface area contributed by atoms with Crippen LogP contribution in [-0.2, 0) is 32.7 Å². The van der Waals surface area contributed by atoms with Gasteiger partial charge < -0.3 is 18.9 Å². The molecule has 0 aliphatic rings. The van der Waals surface area contributed by atoms with Crippen LogP contribution < -0.4 is 0 Å². The normalized spacial score (nSPS) is 14.2. The number of carbonyl (C=O) groups is 2. The monoisotopic (exact) mass is 997 g/mol. The number of carbonyl (C=O) groups excluding carboxylic acids is 2. The molecule has 1 N–H and O–H groups in total. The summed E-state index contributed by atoms with van der Waals surface area (Å²) in [6.07, 6.45) is 70.1. The maximum absolute atomic E-state index is 12.8. The molecular weight excluding hydrogens is 894 g/mol. The Balaban J connectivity index is 4.33. The van der Waals surface area contributed by atoms with Gasteiger partial charge in [-0.05, 0) is 96.3 Å². The third-order valence-corrected chi connectivity index (χ3v) is 12.3. The summed E-state index contributed by atoms with van der Waals surface area (Å²) in [5.41, 5.74) is 0. The molecule has 0 aliphatic carbocycles. The van der Waals surface area contributed by atoms with E-state index in [1.54, 1.807) is 0 Å². The van der Waals surface area contributed by atoms with E-state index in [2.05, 4.69) is 117 Å². The molecule has 0 radical (unpaired) electrons. The molecule has 10 heteroatoms. The first kappa shape index (κ1) is 66.7. The van der Waals surface area contributed by atoms with Crippen LogP contribution in [0.3, 0.4) is 0 Å². The number of allylic oxidation sites excluding steroid dienone is 18. The SMILES string of the molecule is CC/C=C\C/C=C\C/C=C\C/C=C\C/C=C\C/C=C\C/C=C\CCCC(=O)OC(COC(=O)CCCCCCCCCCCCC/C=C\C/C=C\CCCCCCC)COP(=O)(O)OCC[N+](C)(C)C. The molecule has 2 unspecified atom stereocenters. The number of esters is 2. The Morgan fingerprint density at radius 3 is 1.26 bits per heavy atom. The molecule has 0 aromatic rings. The molecule has 9 nitrogen and oxygen atoms in total. The Kier molecular flexibility index (Phi) is 48.2. The largest absolute Gasteiger partial charge is 0.472 e. The highest BCUT2D eigenvalue weighted by Crippen LogP contribution is 2.43. The fourth-order valence-corrected chi connectivity index (χ4v) is 7.78. The number of likely N-dealkylation sites (N-methyl/N-ethyl adjacent to an activating group) is 1. The van der Waals surface area contributed by atoms with Gasteiger partial charge >= 0.3 is 19.8 Å². The van der Waals surface area contributed by atoms with Crippen LogP contribution in [0.1, 0.15) is 206 Å². The second-order valence-electron chi connectivity index (χ2n) is 19.2. The molecule has 0 spiro atoms. The average molecular weight is 997 g/mol. The van der Waals surface area contributed by atoms with Crippen molar-refractivity contribution in [2.75, 3.05) is 47.5 Å². The zero-order valence-corrected chi connectivity index (χ0v) is 46.1. The molecule has 2 atom stereocenters. The molecule has 0 heterocycles. The van der Waals surface area contributed by atoms with Gasteiger partial charge in [0.1, 0.15) is 19.8 Å². The van der Waals surface area contributed by atoms with Gasteiger partial charge in [0, 0.05) is 12.8 Å². The first-order chi connectivity index (χ1) is 34.0. The van der Waals surface area contributed by atoms with E-state index in [-0.39, 0.29) is 32.0 Å². The summed E-state index contributed by atoms with van der Waals surface area (Å²) in [4.78, 5) is 35.6. The molecule has 0 bridgehead atoms. The van der Waals surface area contributed by atoms with Crippen molar-refractivity contribution >= 4 is 19.8 Å². The van der Waals surface area contributed by atoms with Crippen molar-refractivity contribution in [3.8, 4) is 0 Å². The van der Waals surface area contributed by atoms with Gasteiger partial charge in [0.2, 0.25) is 0 Å². The lowest BCUT2D eigenvalue weighted by atomic mass is 10.0. The van der Waals surface area contributed by atoms with Crippen molar-refractivity contribution in [3.05, 3.63) is 109 Å². The van der Waals surface area contributed by atoms with Gasteiger partial charge in [0.05, 0.1) is 27.7 Å². The fraction of sp³-hybridized carbons (Fsp3) is 0.667. The quantitative estimate of drug-likeness (QED) is 0.0211. The maximum Gasteiger partial charge on any atom is 0.472 e. The average Bonchev–Trinajstić information content (AvgIpc) is 3.32. The van der Waals surface area contributed by atoms with Crippen LogP contribution in [0, 0.1) is 0 Å². The number of hydrogen-bond donors (Lipinski definition) is 1. The summed E-state index contributed by atoms with van der Waals surface area (Å²) >= 11 is 0. The van der Waals surface area contributed by atoms with E-state index in [9.17, 15) is 19.0 Å². The Bertz CT molecular complexity index is 1550. The van der Waals surface area contributed by atoms with Crippen LogP contribution in [0.2, 0.25) is 0 Å². The molecule has 0 aliphatic heterocycles. The second-order valence-corrected chi connectivity index (χ2v) is 20.7. The van der Waals surface area contributed by atoms with Gasteiger partial charge in [-0.15, -0.1) is 0 Å². The lowest BCUT2D eigenvalue weighted by Gasteiger charge is -2.24. The predicted molar refractivity (Wildman–Crippen MR) is 298 cm³/mol. The smallest absolute Gasteiger partial charge is 0.462 e. The zero-order chi connectivity index (χ0) is 51.3. The van der Waals surface area contributed by atoms with Crippen molar-refractivity contribution in [1.82, 2.24) is 0 Å². The molecule has 70 heavy (non-hydrogen) atoms. The molecule has 0 saturated heterocycles. The third-order valence-electron chi connectivity index (χ3n) is 11.3. The number of unbranched alkanes of at least 4 members (excludes halogenated alkanes) is 17. The number of phosphoric ester groups is 1. The summed E-state index contributed by atoms with van der Waals surface area (Å²) in [6, 6.07) is 0. The minimum Gasteiger partial charge on any atom is -0.462 e. The van der Waals surface area contributed by atoms with E-state index in [1.165, 1.54) is 96.3 Å². The van der Waals surface area contributed by atoms with E-state index in [4.69, 9.17) is 18.5 Å². The molecular formula is C60H103NO8P+. The summed E-state index contributed by atoms with van der Waals surface area (Å²) < 4.78 is 34.4. The summed E-state index contributed by atoms with van der Waals surface area (Å²) in [6.45, 7) is 4.23. The van der Waals surface area contributed by atoms with E-state index in [0.717, 1.165) is 70.6 Å². The van der Waals surface area contributed by atoms with E-state index < -0.39 is 26.5 Å². The second kappa shape index (κ2) is 50.6. The van der Waals surface area contributed by atoms with E-state index in [1.807, 2.05) is 27.2 Å². The van der Waals surface area contributed by atoms with Crippen LogP contribution in [0.25, 0.3) is 0 Å². The fourth-order valence-electron chi connectivity index (χ4n) is 7.03. The van der Waals surface area contributed by atoms with Gasteiger partial charge in [-0.25, -0.2) is 4.57 Å². The highest BCUT2D eigenvalue weighted by molar-refractivity contribution is 7.47. The highest BCUT2D eigenvalue weighted by atomic mass is 31.2. The minimum absolute atomic E-state index is 0.0145. The zero-order valence-electron chi connectivity index (χ0n) is 45.2. The Morgan fingerprint density at radius 1 is 0.457 bits per heavy atom. The van der Waals surface area contributed by atoms with E-state index >= 15 is 0 Å². The molecule has 0 saturated carbocycles. The topological polar surface area (TPSA) is 108 Å². The van der Waals surface area contributed by atoms with Crippen molar-refractivity contribution in [2.45, 2.75) is 213 Å². The Morgan fingerprint density at radius 2 is 0.829 bits per heavy atom. The van der Waals surface area contributed by atoms with Crippen molar-refractivity contribution in [2.24, 2.45) is 0 Å². The highest BCUT2D eigenvalue weighted by Gasteiger charge is 2.27. The number of phosphoric acid groups is 1. The molecule has 0 rings (SSSR count). The van der Waals surface area contributed by atoms with Gasteiger partial charge in [-0.1, -0.05) is 207 Å². The maximum atomic E-state index is 12.8. The van der Waals surface area contributed by atoms with Gasteiger partial charge in [-0.2, -0.15) is 0 Å². The van der Waals surface area contributed by atoms with Gasteiger partial charge in [0.15, 0.2) is 6.10 Å². The lowest BCUT2D eigenvalue weighted by Crippen LogP contribution is -2.37. The van der Waals surface area contributed by atoms with Crippen LogP contribution in [-0.4, -0.2) is 74.9 Å². The molecule has 0 aromatic carbocycles. The van der Waals surface area contributed by atoms with Crippen LogP contribution in [0.15, 0.2) is 109 Å². The molecule has 0 amide bonds. The minimum atomic E-state index is -4.41. The molecule has 0 fully saturated rings. The predicted octanol–water partition coefficient (Wildman–Crippen LogP) is 17.0. The summed E-state index contributed by atoms with van der Waals surface area (Å²) in [5, 5.41) is 0. The standard InChI is InChI=1S/C60H102NO8P/c1-6-8-10-12-14-16-18-20-22-24-26-28-30-32-34-36-38-40-42-44-46-48-50-52-59(62)66-56-58(57-68-70(64,65)67-55-54-61(3,4)5)69-60(63)53-51-49-47-45-43-41-39-37-35-33-31-29-27-25-23-21-19-17-15-13-11-9-7-2/h9,11,15,17-18,20-21,23-24,26-27,29,33,35,39,41,45,47,58H,6-8,10,12-14,16,19,22,25,28,30-32,34,36-38,40,42-44,46,48-57H2,1-5H3/p+1/b11-9-,17-15-,20-18-,23-21-,26-24-,29-27-,35-33-,41-39-,47-45-. The van der Waals surface area contributed by atoms with Gasteiger partial charge in [0.25, 0.3) is 0 Å². The number of hydrogen-bond acceptors (Lipinski definition) is 7. The summed E-state index contributed by atoms with van der Waals surface area (Å²) in [7, 11) is 1.42. The first-order valence-corrected chi connectivity index (χ1v) is 29.1. The lowest BCUT2D eigenvalue weighted by molar-refractivity contribution is -0.870. The van der Waals surface area contributed by atoms with Gasteiger partial charge in [-0.3, -0.25) is 18.6 Å². The van der Waals surface area contributed by atoms with Crippen LogP contribution >= 0.6 is 7.82 Å². The Hall–Kier alpha value is -3.33.